The Kier molecular flexibility index (Phi) is 6.09. The molecule has 0 aliphatic rings. The molecule has 0 saturated carbocycles. The van der Waals surface area contributed by atoms with Crippen LogP contribution in [0.2, 0.25) is 0 Å². The number of hydrogen-bond acceptors (Lipinski definition) is 2. The standard InChI is InChI=1S/C26H17F4NO/c1-2-9-32-20-6-8-26(31-15-20)19-13-22(27)21(23(28)14-19)7-4-16-3-5-17-11-24(29)25(30)12-18(17)10-16/h3,5-6,8,10-15H,2,9H2,1H3. The highest BCUT2D eigenvalue weighted by Gasteiger charge is 2.12. The van der Waals surface area contributed by atoms with Gasteiger partial charge in [-0.3, -0.25) is 4.98 Å². The average Bonchev–Trinajstić information content (AvgIpc) is 2.78. The van der Waals surface area contributed by atoms with Crippen LogP contribution in [-0.4, -0.2) is 11.6 Å². The Bertz CT molecular complexity index is 1330. The first-order valence-electron chi connectivity index (χ1n) is 9.93. The van der Waals surface area contributed by atoms with Gasteiger partial charge in [-0.15, -0.1) is 0 Å². The van der Waals surface area contributed by atoms with Gasteiger partial charge in [-0.2, -0.15) is 0 Å². The molecule has 0 fully saturated rings. The second-order valence-electron chi connectivity index (χ2n) is 7.12. The lowest BCUT2D eigenvalue weighted by Crippen LogP contribution is -1.96. The molecule has 1 aromatic heterocycles. The topological polar surface area (TPSA) is 22.1 Å². The molecule has 0 aliphatic heterocycles. The SMILES string of the molecule is CCCOc1ccc(-c2cc(F)c(C#Cc3ccc4cc(F)c(F)cc4c3)c(F)c2)nc1. The van der Waals surface area contributed by atoms with Crippen LogP contribution >= 0.6 is 0 Å². The van der Waals surface area contributed by atoms with Crippen LogP contribution in [0.5, 0.6) is 5.75 Å². The molecule has 160 valence electrons. The van der Waals surface area contributed by atoms with E-state index in [1.807, 2.05) is 6.92 Å². The van der Waals surface area contributed by atoms with E-state index in [0.29, 0.717) is 34.4 Å². The summed E-state index contributed by atoms with van der Waals surface area (Å²) in [6.07, 6.45) is 2.36. The summed E-state index contributed by atoms with van der Waals surface area (Å²) in [5.41, 5.74) is 0.698. The van der Waals surface area contributed by atoms with Crippen LogP contribution in [0, 0.1) is 35.1 Å². The van der Waals surface area contributed by atoms with Crippen molar-refractivity contribution in [1.29, 1.82) is 0 Å². The minimum Gasteiger partial charge on any atom is -0.492 e. The maximum Gasteiger partial charge on any atom is 0.159 e. The Morgan fingerprint density at radius 2 is 1.50 bits per heavy atom. The van der Waals surface area contributed by atoms with E-state index < -0.39 is 23.3 Å². The summed E-state index contributed by atoms with van der Waals surface area (Å²) in [5.74, 6) is 2.18. The summed E-state index contributed by atoms with van der Waals surface area (Å²) in [4.78, 5) is 4.20. The lowest BCUT2D eigenvalue weighted by Gasteiger charge is -2.07. The van der Waals surface area contributed by atoms with Gasteiger partial charge in [0, 0.05) is 11.1 Å². The van der Waals surface area contributed by atoms with E-state index >= 15 is 0 Å². The van der Waals surface area contributed by atoms with Gasteiger partial charge in [-0.1, -0.05) is 24.8 Å². The predicted molar refractivity (Wildman–Crippen MR) is 115 cm³/mol. The first kappa shape index (κ1) is 21.4. The Balaban J connectivity index is 1.61. The molecule has 3 aromatic carbocycles. The summed E-state index contributed by atoms with van der Waals surface area (Å²) in [6.45, 7) is 2.54. The third-order valence-electron chi connectivity index (χ3n) is 4.76. The monoisotopic (exact) mass is 435 g/mol. The van der Waals surface area contributed by atoms with Gasteiger partial charge < -0.3 is 4.74 Å². The molecule has 0 unspecified atom stereocenters. The third kappa shape index (κ3) is 4.57. The molecule has 0 aliphatic carbocycles. The fourth-order valence-electron chi connectivity index (χ4n) is 3.15. The molecular weight excluding hydrogens is 418 g/mol. The quantitative estimate of drug-likeness (QED) is 0.265. The van der Waals surface area contributed by atoms with Crippen molar-refractivity contribution in [3.63, 3.8) is 0 Å². The molecule has 6 heteroatoms. The van der Waals surface area contributed by atoms with Crippen molar-refractivity contribution in [2.24, 2.45) is 0 Å². The molecule has 32 heavy (non-hydrogen) atoms. The van der Waals surface area contributed by atoms with Gasteiger partial charge >= 0.3 is 0 Å². The number of pyridine rings is 1. The highest BCUT2D eigenvalue weighted by Crippen LogP contribution is 2.25. The van der Waals surface area contributed by atoms with Crippen LogP contribution < -0.4 is 4.74 Å². The number of fused-ring (bicyclic) bond motifs is 1. The van der Waals surface area contributed by atoms with Crippen LogP contribution in [0.15, 0.2) is 60.8 Å². The lowest BCUT2D eigenvalue weighted by molar-refractivity contribution is 0.316. The van der Waals surface area contributed by atoms with E-state index in [9.17, 15) is 17.6 Å². The van der Waals surface area contributed by atoms with Crippen LogP contribution in [0.25, 0.3) is 22.0 Å². The first-order valence-corrected chi connectivity index (χ1v) is 9.93. The molecule has 0 radical (unpaired) electrons. The summed E-state index contributed by atoms with van der Waals surface area (Å²) >= 11 is 0. The number of nitrogens with zero attached hydrogens (tertiary/aromatic N) is 1. The smallest absolute Gasteiger partial charge is 0.159 e. The number of hydrogen-bond donors (Lipinski definition) is 0. The first-order chi connectivity index (χ1) is 15.4. The average molecular weight is 435 g/mol. The molecule has 0 bridgehead atoms. The van der Waals surface area contributed by atoms with Gasteiger partial charge in [0.1, 0.15) is 17.4 Å². The predicted octanol–water partition coefficient (Wildman–Crippen LogP) is 6.65. The maximum absolute atomic E-state index is 14.6. The van der Waals surface area contributed by atoms with E-state index in [1.165, 1.54) is 24.4 Å². The van der Waals surface area contributed by atoms with Crippen molar-refractivity contribution in [3.8, 4) is 28.8 Å². The minimum absolute atomic E-state index is 0.274. The van der Waals surface area contributed by atoms with Crippen molar-refractivity contribution in [2.45, 2.75) is 13.3 Å². The Labute approximate surface area is 182 Å². The van der Waals surface area contributed by atoms with E-state index in [0.717, 1.165) is 18.6 Å². The number of ether oxygens (including phenoxy) is 1. The van der Waals surface area contributed by atoms with Gasteiger partial charge in [-0.05, 0) is 65.7 Å². The molecule has 0 amide bonds. The zero-order chi connectivity index (χ0) is 22.7. The van der Waals surface area contributed by atoms with Gasteiger partial charge in [-0.25, -0.2) is 17.6 Å². The normalized spacial score (nSPS) is 10.7. The van der Waals surface area contributed by atoms with E-state index in [2.05, 4.69) is 16.8 Å². The third-order valence-corrected chi connectivity index (χ3v) is 4.76. The zero-order valence-corrected chi connectivity index (χ0v) is 17.1. The van der Waals surface area contributed by atoms with Crippen LogP contribution in [0.3, 0.4) is 0 Å². The van der Waals surface area contributed by atoms with E-state index in [1.54, 1.807) is 24.3 Å². The van der Waals surface area contributed by atoms with Gasteiger partial charge in [0.15, 0.2) is 11.6 Å². The lowest BCUT2D eigenvalue weighted by atomic mass is 10.0. The summed E-state index contributed by atoms with van der Waals surface area (Å²) in [5, 5.41) is 0.930. The zero-order valence-electron chi connectivity index (χ0n) is 17.1. The van der Waals surface area contributed by atoms with E-state index in [-0.39, 0.29) is 11.1 Å². The molecule has 0 spiro atoms. The number of benzene rings is 3. The fourth-order valence-corrected chi connectivity index (χ4v) is 3.15. The minimum atomic E-state index is -0.978. The Morgan fingerprint density at radius 3 is 2.16 bits per heavy atom. The molecule has 0 saturated heterocycles. The summed E-state index contributed by atoms with van der Waals surface area (Å²) < 4.78 is 61.5. The highest BCUT2D eigenvalue weighted by atomic mass is 19.2. The molecule has 2 nitrogen and oxygen atoms in total. The Morgan fingerprint density at radius 1 is 0.781 bits per heavy atom. The molecule has 0 N–H and O–H groups in total. The molecule has 0 atom stereocenters. The van der Waals surface area contributed by atoms with Crippen molar-refractivity contribution in [2.75, 3.05) is 6.61 Å². The number of halogens is 4. The number of rotatable bonds is 4. The second kappa shape index (κ2) is 9.11. The second-order valence-corrected chi connectivity index (χ2v) is 7.12. The van der Waals surface area contributed by atoms with Gasteiger partial charge in [0.2, 0.25) is 0 Å². The maximum atomic E-state index is 14.6. The van der Waals surface area contributed by atoms with Crippen LogP contribution in [0.1, 0.15) is 24.5 Å². The Hall–Kier alpha value is -3.85. The molecular formula is C26H17F4NO. The van der Waals surface area contributed by atoms with Crippen molar-refractivity contribution in [3.05, 3.63) is 95.2 Å². The summed E-state index contributed by atoms with van der Waals surface area (Å²) in [6, 6.07) is 12.5. The molecule has 1 heterocycles. The van der Waals surface area contributed by atoms with Crippen LogP contribution in [-0.2, 0) is 0 Å². The number of aromatic nitrogens is 1. The largest absolute Gasteiger partial charge is 0.492 e. The highest BCUT2D eigenvalue weighted by molar-refractivity contribution is 5.84. The van der Waals surface area contributed by atoms with Gasteiger partial charge in [0.25, 0.3) is 0 Å². The summed E-state index contributed by atoms with van der Waals surface area (Å²) in [7, 11) is 0. The fraction of sp³-hybridized carbons (Fsp3) is 0.115. The van der Waals surface area contributed by atoms with Crippen LogP contribution in [0.4, 0.5) is 17.6 Å². The van der Waals surface area contributed by atoms with Gasteiger partial charge in [0.05, 0.1) is 24.1 Å². The molecule has 4 aromatic rings. The van der Waals surface area contributed by atoms with Crippen molar-refractivity contribution < 1.29 is 22.3 Å². The van der Waals surface area contributed by atoms with Crippen molar-refractivity contribution in [1.82, 2.24) is 4.98 Å². The van der Waals surface area contributed by atoms with E-state index in [4.69, 9.17) is 4.74 Å². The molecule has 4 rings (SSSR count). The van der Waals surface area contributed by atoms with Crippen molar-refractivity contribution >= 4 is 10.8 Å².